The van der Waals surface area contributed by atoms with Gasteiger partial charge in [0.25, 0.3) is 0 Å². The summed E-state index contributed by atoms with van der Waals surface area (Å²) in [7, 11) is 3.13. The number of piperidine rings is 1. The number of amides is 1. The van der Waals surface area contributed by atoms with Crippen LogP contribution in [0.4, 0.5) is 0 Å². The molecule has 0 spiro atoms. The molecule has 1 aromatic rings. The summed E-state index contributed by atoms with van der Waals surface area (Å²) in [4.78, 5) is 12.2. The Kier molecular flexibility index (Phi) is 9.76. The molecule has 1 aliphatic rings. The van der Waals surface area contributed by atoms with E-state index in [0.717, 1.165) is 13.1 Å². The second-order valence-electron chi connectivity index (χ2n) is 6.75. The first-order valence-corrected chi connectivity index (χ1v) is 8.92. The fraction of sp³-hybridized carbons (Fsp3) is 0.632. The van der Waals surface area contributed by atoms with E-state index >= 15 is 0 Å². The smallest absolute Gasteiger partial charge is 0.220 e. The van der Waals surface area contributed by atoms with E-state index in [9.17, 15) is 9.90 Å². The number of carbonyl (C=O) groups excluding carboxylic acids is 1. The van der Waals surface area contributed by atoms with Gasteiger partial charge in [0.05, 0.1) is 20.3 Å². The predicted octanol–water partition coefficient (Wildman–Crippen LogP) is 2.30. The van der Waals surface area contributed by atoms with E-state index in [1.807, 2.05) is 0 Å². The standard InChI is InChI=1S/C19H30N2O4.ClH/c1-13(14-5-4-6-20-11-14)7-19(23)21-12-18(22)15-8-16(24-2)10-17(9-15)25-3;/h8-10,13-14,18,20,22H,4-7,11-12H2,1-3H3,(H,21,23);1H. The molecule has 2 rings (SSSR count). The van der Waals surface area contributed by atoms with E-state index in [2.05, 4.69) is 17.6 Å². The Morgan fingerprint density at radius 1 is 1.31 bits per heavy atom. The van der Waals surface area contributed by atoms with Gasteiger partial charge in [-0.25, -0.2) is 0 Å². The number of methoxy groups -OCH3 is 2. The minimum Gasteiger partial charge on any atom is -0.497 e. The molecule has 3 atom stereocenters. The van der Waals surface area contributed by atoms with Gasteiger partial charge in [-0.05, 0) is 55.5 Å². The minimum atomic E-state index is -0.806. The molecule has 6 nitrogen and oxygen atoms in total. The fourth-order valence-corrected chi connectivity index (χ4v) is 3.25. The van der Waals surface area contributed by atoms with Crippen molar-refractivity contribution in [3.8, 4) is 11.5 Å². The SMILES string of the molecule is COc1cc(OC)cc(C(O)CNC(=O)CC(C)C2CCCNC2)c1.Cl. The molecule has 1 fully saturated rings. The first kappa shape index (κ1) is 22.5. The fourth-order valence-electron chi connectivity index (χ4n) is 3.25. The minimum absolute atomic E-state index is 0. The number of hydrogen-bond acceptors (Lipinski definition) is 5. The lowest BCUT2D eigenvalue weighted by Gasteiger charge is -2.28. The van der Waals surface area contributed by atoms with Gasteiger partial charge < -0.3 is 25.2 Å². The van der Waals surface area contributed by atoms with Crippen molar-refractivity contribution in [2.24, 2.45) is 11.8 Å². The van der Waals surface area contributed by atoms with E-state index in [1.54, 1.807) is 32.4 Å². The van der Waals surface area contributed by atoms with Crippen LogP contribution in [0.2, 0.25) is 0 Å². The Hall–Kier alpha value is -1.50. The van der Waals surface area contributed by atoms with Crippen LogP contribution >= 0.6 is 12.4 Å². The third-order valence-corrected chi connectivity index (χ3v) is 4.90. The van der Waals surface area contributed by atoms with Crippen LogP contribution in [-0.4, -0.2) is 44.9 Å². The average Bonchev–Trinajstić information content (AvgIpc) is 2.66. The van der Waals surface area contributed by atoms with E-state index < -0.39 is 6.10 Å². The molecule has 1 aliphatic heterocycles. The quantitative estimate of drug-likeness (QED) is 0.638. The summed E-state index contributed by atoms with van der Waals surface area (Å²) >= 11 is 0. The number of aliphatic hydroxyl groups is 1. The zero-order valence-corrected chi connectivity index (χ0v) is 16.6. The molecule has 0 aromatic heterocycles. The molecule has 0 radical (unpaired) electrons. The highest BCUT2D eigenvalue weighted by molar-refractivity contribution is 5.85. The molecular weight excluding hydrogens is 356 g/mol. The number of hydrogen-bond donors (Lipinski definition) is 3. The lowest BCUT2D eigenvalue weighted by atomic mass is 9.85. The summed E-state index contributed by atoms with van der Waals surface area (Å²) in [6.07, 6.45) is 2.03. The first-order chi connectivity index (χ1) is 12.0. The van der Waals surface area contributed by atoms with Crippen molar-refractivity contribution in [2.45, 2.75) is 32.3 Å². The largest absolute Gasteiger partial charge is 0.497 e. The number of benzene rings is 1. The van der Waals surface area contributed by atoms with Crippen LogP contribution in [0.15, 0.2) is 18.2 Å². The Morgan fingerprint density at radius 3 is 2.50 bits per heavy atom. The summed E-state index contributed by atoms with van der Waals surface area (Å²) in [6.45, 7) is 4.36. The molecule has 0 bridgehead atoms. The molecule has 1 heterocycles. The van der Waals surface area contributed by atoms with Crippen molar-refractivity contribution in [1.82, 2.24) is 10.6 Å². The van der Waals surface area contributed by atoms with Crippen LogP contribution in [0.3, 0.4) is 0 Å². The van der Waals surface area contributed by atoms with Gasteiger partial charge in [0.15, 0.2) is 0 Å². The van der Waals surface area contributed by atoms with Crippen LogP contribution in [-0.2, 0) is 4.79 Å². The van der Waals surface area contributed by atoms with Crippen molar-refractivity contribution in [3.63, 3.8) is 0 Å². The number of nitrogens with one attached hydrogen (secondary N) is 2. The van der Waals surface area contributed by atoms with Gasteiger partial charge in [-0.3, -0.25) is 4.79 Å². The van der Waals surface area contributed by atoms with Gasteiger partial charge in [-0.1, -0.05) is 6.92 Å². The van der Waals surface area contributed by atoms with Gasteiger partial charge >= 0.3 is 0 Å². The number of aliphatic hydroxyl groups excluding tert-OH is 1. The van der Waals surface area contributed by atoms with Crippen LogP contribution < -0.4 is 20.1 Å². The molecular formula is C19H31ClN2O4. The van der Waals surface area contributed by atoms with E-state index in [-0.39, 0.29) is 24.9 Å². The predicted molar refractivity (Wildman–Crippen MR) is 104 cm³/mol. The molecule has 1 aromatic carbocycles. The Labute approximate surface area is 162 Å². The van der Waals surface area contributed by atoms with E-state index in [1.165, 1.54) is 12.8 Å². The zero-order chi connectivity index (χ0) is 18.2. The third-order valence-electron chi connectivity index (χ3n) is 4.90. The van der Waals surface area contributed by atoms with Crippen LogP contribution in [0.5, 0.6) is 11.5 Å². The zero-order valence-electron chi connectivity index (χ0n) is 15.8. The summed E-state index contributed by atoms with van der Waals surface area (Å²) in [5.41, 5.74) is 0.654. The van der Waals surface area contributed by atoms with Gasteiger partial charge in [-0.15, -0.1) is 12.4 Å². The highest BCUT2D eigenvalue weighted by atomic mass is 35.5. The second kappa shape index (κ2) is 11.3. The molecule has 1 amide bonds. The van der Waals surface area contributed by atoms with Crippen molar-refractivity contribution >= 4 is 18.3 Å². The summed E-state index contributed by atoms with van der Waals surface area (Å²) in [5.74, 6) is 2.08. The molecule has 0 aliphatic carbocycles. The molecule has 3 unspecified atom stereocenters. The van der Waals surface area contributed by atoms with Gasteiger partial charge in [0.2, 0.25) is 5.91 Å². The molecule has 26 heavy (non-hydrogen) atoms. The van der Waals surface area contributed by atoms with Crippen molar-refractivity contribution in [3.05, 3.63) is 23.8 Å². The number of halogens is 1. The topological polar surface area (TPSA) is 79.8 Å². The normalized spacial score (nSPS) is 19.0. The maximum atomic E-state index is 12.2. The van der Waals surface area contributed by atoms with Crippen molar-refractivity contribution in [2.75, 3.05) is 33.9 Å². The van der Waals surface area contributed by atoms with Crippen LogP contribution in [0.1, 0.15) is 37.9 Å². The lowest BCUT2D eigenvalue weighted by molar-refractivity contribution is -0.122. The van der Waals surface area contributed by atoms with Crippen LogP contribution in [0.25, 0.3) is 0 Å². The third kappa shape index (κ3) is 6.67. The van der Waals surface area contributed by atoms with E-state index in [0.29, 0.717) is 35.3 Å². The first-order valence-electron chi connectivity index (χ1n) is 8.92. The van der Waals surface area contributed by atoms with Gasteiger partial charge in [-0.2, -0.15) is 0 Å². The average molecular weight is 387 g/mol. The summed E-state index contributed by atoms with van der Waals surface area (Å²) in [6, 6.07) is 5.24. The number of rotatable bonds is 8. The molecule has 0 saturated carbocycles. The maximum Gasteiger partial charge on any atom is 0.220 e. The Bertz CT molecular complexity index is 542. The monoisotopic (exact) mass is 386 g/mol. The molecule has 148 valence electrons. The van der Waals surface area contributed by atoms with Crippen molar-refractivity contribution in [1.29, 1.82) is 0 Å². The van der Waals surface area contributed by atoms with Gasteiger partial charge in [0.1, 0.15) is 11.5 Å². The number of ether oxygens (including phenoxy) is 2. The number of carbonyl (C=O) groups is 1. The maximum absolute atomic E-state index is 12.2. The van der Waals surface area contributed by atoms with Crippen LogP contribution in [0, 0.1) is 11.8 Å². The molecule has 3 N–H and O–H groups in total. The molecule has 7 heteroatoms. The Morgan fingerprint density at radius 2 is 1.96 bits per heavy atom. The van der Waals surface area contributed by atoms with E-state index in [4.69, 9.17) is 9.47 Å². The lowest BCUT2D eigenvalue weighted by Crippen LogP contribution is -2.36. The second-order valence-corrected chi connectivity index (χ2v) is 6.75. The highest BCUT2D eigenvalue weighted by Gasteiger charge is 2.22. The van der Waals surface area contributed by atoms with Gasteiger partial charge in [0, 0.05) is 19.0 Å². The molecule has 1 saturated heterocycles. The summed E-state index contributed by atoms with van der Waals surface area (Å²) < 4.78 is 10.4. The highest BCUT2D eigenvalue weighted by Crippen LogP contribution is 2.26. The Balaban J connectivity index is 0.00000338. The van der Waals surface area contributed by atoms with Crippen molar-refractivity contribution < 1.29 is 19.4 Å². The summed E-state index contributed by atoms with van der Waals surface area (Å²) in [5, 5.41) is 16.6.